The van der Waals surface area contributed by atoms with Gasteiger partial charge in [0.05, 0.1) is 17.6 Å². The van der Waals surface area contributed by atoms with Gasteiger partial charge in [-0.15, -0.1) is 5.10 Å². The minimum atomic E-state index is -0.751. The summed E-state index contributed by atoms with van der Waals surface area (Å²) < 4.78 is 7.21. The van der Waals surface area contributed by atoms with Crippen LogP contribution in [-0.2, 0) is 22.5 Å². The number of aliphatic carboxylic acids is 1. The number of carboxylic acid groups (broad SMARTS) is 1. The van der Waals surface area contributed by atoms with Gasteiger partial charge in [0.1, 0.15) is 0 Å². The number of carbonyl (C=O) groups is 1. The maximum absolute atomic E-state index is 11.2. The fourth-order valence-corrected chi connectivity index (χ4v) is 2.66. The van der Waals surface area contributed by atoms with Gasteiger partial charge in [0, 0.05) is 13.5 Å². The number of hydrogen-bond acceptors (Lipinski definition) is 5. The predicted octanol–water partition coefficient (Wildman–Crippen LogP) is 0.649. The normalized spacial score (nSPS) is 22.8. The summed E-state index contributed by atoms with van der Waals surface area (Å²) in [6.45, 7) is 0.366. The van der Waals surface area contributed by atoms with E-state index >= 15 is 0 Å². The smallest absolute Gasteiger partial charge is 0.311 e. The first-order valence-corrected chi connectivity index (χ1v) is 6.63. The molecule has 7 nitrogen and oxygen atoms in total. The Kier molecular flexibility index (Phi) is 2.81. The van der Waals surface area contributed by atoms with Crippen molar-refractivity contribution in [2.45, 2.75) is 50.7 Å². The van der Waals surface area contributed by atoms with Crippen LogP contribution in [0.15, 0.2) is 0 Å². The molecule has 0 bridgehead atoms. The number of hydrogen-bond donors (Lipinski definition) is 1. The lowest BCUT2D eigenvalue weighted by Crippen LogP contribution is -2.42. The van der Waals surface area contributed by atoms with E-state index in [2.05, 4.69) is 15.5 Å². The van der Waals surface area contributed by atoms with Crippen molar-refractivity contribution in [2.75, 3.05) is 7.11 Å². The summed E-state index contributed by atoms with van der Waals surface area (Å²) in [5, 5.41) is 20.9. The maximum atomic E-state index is 11.2. The van der Waals surface area contributed by atoms with Crippen molar-refractivity contribution in [3.8, 4) is 0 Å². The third-order valence-electron chi connectivity index (χ3n) is 4.54. The molecule has 0 aliphatic heterocycles. The average molecular weight is 266 g/mol. The van der Waals surface area contributed by atoms with Gasteiger partial charge in [-0.25, -0.2) is 4.68 Å². The molecule has 0 amide bonds. The molecule has 0 saturated heterocycles. The summed E-state index contributed by atoms with van der Waals surface area (Å²) in [5.41, 5.74) is -0.795. The van der Waals surface area contributed by atoms with Gasteiger partial charge in [-0.1, -0.05) is 0 Å². The Morgan fingerprint density at radius 2 is 2.16 bits per heavy atom. The average Bonchev–Trinajstić information content (AvgIpc) is 3.00. The molecule has 1 N–H and O–H groups in total. The monoisotopic (exact) mass is 266 g/mol. The van der Waals surface area contributed by atoms with E-state index in [1.807, 2.05) is 0 Å². The zero-order valence-corrected chi connectivity index (χ0v) is 11.0. The summed E-state index contributed by atoms with van der Waals surface area (Å²) in [5.74, 6) is -0.0203. The molecule has 1 aromatic heterocycles. The lowest BCUT2D eigenvalue weighted by molar-refractivity contribution is -0.144. The van der Waals surface area contributed by atoms with Gasteiger partial charge in [-0.05, 0) is 42.5 Å². The Bertz CT molecular complexity index is 485. The lowest BCUT2D eigenvalue weighted by atomic mass is 9.77. The predicted molar refractivity (Wildman–Crippen MR) is 64.4 cm³/mol. The van der Waals surface area contributed by atoms with Crippen LogP contribution in [0, 0.1) is 5.41 Å². The van der Waals surface area contributed by atoms with Crippen LogP contribution in [-0.4, -0.2) is 44.0 Å². The van der Waals surface area contributed by atoms with Gasteiger partial charge in [-0.3, -0.25) is 4.79 Å². The molecule has 1 aromatic rings. The Labute approximate surface area is 110 Å². The fraction of sp³-hybridized carbons (Fsp3) is 0.833. The van der Waals surface area contributed by atoms with Gasteiger partial charge < -0.3 is 9.84 Å². The number of aromatic nitrogens is 4. The number of ether oxygens (including phenoxy) is 1. The zero-order chi connectivity index (χ0) is 13.5. The second-order valence-electron chi connectivity index (χ2n) is 5.76. The van der Waals surface area contributed by atoms with E-state index in [9.17, 15) is 9.90 Å². The van der Waals surface area contributed by atoms with Crippen molar-refractivity contribution in [3.05, 3.63) is 5.82 Å². The van der Waals surface area contributed by atoms with Gasteiger partial charge in [-0.2, -0.15) is 0 Å². The van der Waals surface area contributed by atoms with Crippen molar-refractivity contribution in [1.29, 1.82) is 0 Å². The third kappa shape index (κ3) is 2.11. The quantitative estimate of drug-likeness (QED) is 0.813. The number of tetrazole rings is 1. The van der Waals surface area contributed by atoms with E-state index in [-0.39, 0.29) is 5.60 Å². The van der Waals surface area contributed by atoms with E-state index in [0.717, 1.165) is 25.1 Å². The summed E-state index contributed by atoms with van der Waals surface area (Å²) in [6, 6.07) is 0. The highest BCUT2D eigenvalue weighted by atomic mass is 16.5. The highest BCUT2D eigenvalue weighted by molar-refractivity contribution is 5.77. The van der Waals surface area contributed by atoms with Crippen LogP contribution in [0.5, 0.6) is 0 Å². The highest BCUT2D eigenvalue weighted by Gasteiger charge is 2.51. The summed E-state index contributed by atoms with van der Waals surface area (Å²) in [7, 11) is 1.72. The van der Waals surface area contributed by atoms with Crippen molar-refractivity contribution in [1.82, 2.24) is 20.2 Å². The molecule has 0 atom stereocenters. The zero-order valence-electron chi connectivity index (χ0n) is 11.0. The van der Waals surface area contributed by atoms with Crippen molar-refractivity contribution in [3.63, 3.8) is 0 Å². The molecule has 7 heteroatoms. The molecular formula is C12H18N4O3. The maximum Gasteiger partial charge on any atom is 0.311 e. The molecule has 19 heavy (non-hydrogen) atoms. The number of methoxy groups -OCH3 is 1. The molecule has 0 aromatic carbocycles. The Balaban J connectivity index is 1.74. The van der Waals surface area contributed by atoms with Crippen molar-refractivity contribution < 1.29 is 14.6 Å². The second kappa shape index (κ2) is 4.26. The van der Waals surface area contributed by atoms with Crippen LogP contribution in [0.1, 0.15) is 37.9 Å². The molecule has 3 rings (SSSR count). The van der Waals surface area contributed by atoms with Gasteiger partial charge >= 0.3 is 5.97 Å². The molecule has 0 radical (unpaired) electrons. The van der Waals surface area contributed by atoms with E-state index in [4.69, 9.17) is 4.74 Å². The van der Waals surface area contributed by atoms with Crippen LogP contribution in [0.4, 0.5) is 0 Å². The van der Waals surface area contributed by atoms with Crippen molar-refractivity contribution >= 4 is 5.97 Å². The first-order valence-electron chi connectivity index (χ1n) is 6.63. The molecule has 2 aliphatic rings. The van der Waals surface area contributed by atoms with Crippen LogP contribution >= 0.6 is 0 Å². The summed E-state index contributed by atoms with van der Waals surface area (Å²) in [6.07, 6.45) is 5.26. The van der Waals surface area contributed by atoms with E-state index in [0.29, 0.717) is 25.8 Å². The standard InChI is InChI=1S/C12H18N4O3/c1-19-12(3-2-4-12)7-9-13-14-15-16(9)8-11(5-6-11)10(17)18/h2-8H2,1H3,(H,17,18). The van der Waals surface area contributed by atoms with Crippen LogP contribution in [0.25, 0.3) is 0 Å². The summed E-state index contributed by atoms with van der Waals surface area (Å²) >= 11 is 0. The molecule has 2 fully saturated rings. The van der Waals surface area contributed by atoms with Crippen molar-refractivity contribution in [2.24, 2.45) is 5.41 Å². The topological polar surface area (TPSA) is 90.1 Å². The fourth-order valence-electron chi connectivity index (χ4n) is 2.66. The summed E-state index contributed by atoms with van der Waals surface area (Å²) in [4.78, 5) is 11.2. The van der Waals surface area contributed by atoms with Crippen LogP contribution in [0.3, 0.4) is 0 Å². The molecule has 0 spiro atoms. The van der Waals surface area contributed by atoms with E-state index in [1.54, 1.807) is 11.8 Å². The molecule has 2 saturated carbocycles. The van der Waals surface area contributed by atoms with Crippen LogP contribution in [0.2, 0.25) is 0 Å². The van der Waals surface area contributed by atoms with E-state index < -0.39 is 11.4 Å². The second-order valence-corrected chi connectivity index (χ2v) is 5.76. The first kappa shape index (κ1) is 12.5. The van der Waals surface area contributed by atoms with Gasteiger partial charge in [0.2, 0.25) is 0 Å². The SMILES string of the molecule is COC1(Cc2nnnn2CC2(C(=O)O)CC2)CCC1. The van der Waals surface area contributed by atoms with Gasteiger partial charge in [0.15, 0.2) is 5.82 Å². The molecule has 2 aliphatic carbocycles. The molecular weight excluding hydrogens is 248 g/mol. The molecule has 0 unspecified atom stereocenters. The Hall–Kier alpha value is -1.50. The van der Waals surface area contributed by atoms with Crippen LogP contribution < -0.4 is 0 Å². The largest absolute Gasteiger partial charge is 0.481 e. The molecule has 104 valence electrons. The Morgan fingerprint density at radius 3 is 2.63 bits per heavy atom. The first-order chi connectivity index (χ1) is 9.09. The lowest BCUT2D eigenvalue weighted by Gasteiger charge is -2.40. The number of rotatable bonds is 6. The minimum absolute atomic E-state index is 0.146. The number of carboxylic acids is 1. The highest BCUT2D eigenvalue weighted by Crippen LogP contribution is 2.47. The van der Waals surface area contributed by atoms with Gasteiger partial charge in [0.25, 0.3) is 0 Å². The Morgan fingerprint density at radius 1 is 1.42 bits per heavy atom. The van der Waals surface area contributed by atoms with E-state index in [1.165, 1.54) is 0 Å². The third-order valence-corrected chi connectivity index (χ3v) is 4.54. The molecule has 1 heterocycles. The number of nitrogens with zero attached hydrogens (tertiary/aromatic N) is 4. The minimum Gasteiger partial charge on any atom is -0.481 e.